The molecule has 0 radical (unpaired) electrons. The van der Waals surface area contributed by atoms with Gasteiger partial charge in [0.2, 0.25) is 0 Å². The molecule has 0 aliphatic carbocycles. The Kier molecular flexibility index (Phi) is 7.62. The van der Waals surface area contributed by atoms with Crippen molar-refractivity contribution in [3.63, 3.8) is 0 Å². The zero-order chi connectivity index (χ0) is 18.8. The van der Waals surface area contributed by atoms with Gasteiger partial charge in [0.1, 0.15) is 0 Å². The Hall–Kier alpha value is -2.88. The van der Waals surface area contributed by atoms with E-state index < -0.39 is 0 Å². The van der Waals surface area contributed by atoms with Gasteiger partial charge in [-0.25, -0.2) is 9.59 Å². The number of rotatable bonds is 9. The molecule has 2 rings (SSSR count). The van der Waals surface area contributed by atoms with Gasteiger partial charge < -0.3 is 9.47 Å². The van der Waals surface area contributed by atoms with Gasteiger partial charge in [-0.05, 0) is 43.4 Å². The molecule has 4 heteroatoms. The van der Waals surface area contributed by atoms with Gasteiger partial charge in [-0.2, -0.15) is 0 Å². The first-order valence-corrected chi connectivity index (χ1v) is 8.74. The van der Waals surface area contributed by atoms with E-state index in [0.717, 1.165) is 30.4 Å². The van der Waals surface area contributed by atoms with Gasteiger partial charge in [-0.15, -0.1) is 0 Å². The summed E-state index contributed by atoms with van der Waals surface area (Å²) in [5.41, 5.74) is 2.81. The molecule has 0 heterocycles. The molecule has 0 N–H and O–H groups in total. The number of hydrogen-bond acceptors (Lipinski definition) is 4. The van der Waals surface area contributed by atoms with Crippen molar-refractivity contribution in [2.75, 3.05) is 13.2 Å². The largest absolute Gasteiger partial charge is 0.462 e. The van der Waals surface area contributed by atoms with Gasteiger partial charge >= 0.3 is 11.9 Å². The Morgan fingerprint density at radius 1 is 0.846 bits per heavy atom. The molecule has 26 heavy (non-hydrogen) atoms. The molecular formula is C22H24O4. The molecule has 0 saturated heterocycles. The molecule has 2 aromatic rings. The Morgan fingerprint density at radius 2 is 1.46 bits per heavy atom. The lowest BCUT2D eigenvalue weighted by Gasteiger charge is -2.10. The van der Waals surface area contributed by atoms with Crippen LogP contribution in [-0.2, 0) is 14.3 Å². The van der Waals surface area contributed by atoms with E-state index in [1.165, 1.54) is 0 Å². The van der Waals surface area contributed by atoms with E-state index in [2.05, 4.69) is 6.58 Å². The van der Waals surface area contributed by atoms with Crippen LogP contribution in [0.5, 0.6) is 0 Å². The minimum Gasteiger partial charge on any atom is -0.462 e. The van der Waals surface area contributed by atoms with Crippen molar-refractivity contribution in [1.82, 2.24) is 0 Å². The minimum atomic E-state index is -0.367. The highest BCUT2D eigenvalue weighted by Crippen LogP contribution is 2.24. The van der Waals surface area contributed by atoms with Crippen molar-refractivity contribution in [3.05, 3.63) is 72.3 Å². The van der Waals surface area contributed by atoms with E-state index in [0.29, 0.717) is 24.4 Å². The maximum absolute atomic E-state index is 12.4. The summed E-state index contributed by atoms with van der Waals surface area (Å²) in [4.78, 5) is 23.6. The average molecular weight is 352 g/mol. The first-order chi connectivity index (χ1) is 12.6. The predicted octanol–water partition coefficient (Wildman–Crippen LogP) is 4.80. The van der Waals surface area contributed by atoms with Crippen LogP contribution in [-0.4, -0.2) is 25.2 Å². The first-order valence-electron chi connectivity index (χ1n) is 8.74. The fourth-order valence-electron chi connectivity index (χ4n) is 2.44. The number of ether oxygens (including phenoxy) is 2. The summed E-state index contributed by atoms with van der Waals surface area (Å²) in [6.45, 7) is 5.85. The first kappa shape index (κ1) is 19.4. The van der Waals surface area contributed by atoms with Crippen molar-refractivity contribution in [1.29, 1.82) is 0 Å². The van der Waals surface area contributed by atoms with Crippen LogP contribution in [0, 0.1) is 0 Å². The van der Waals surface area contributed by atoms with Crippen molar-refractivity contribution < 1.29 is 19.1 Å². The second kappa shape index (κ2) is 10.2. The molecule has 0 aliphatic heterocycles. The molecule has 2 aromatic carbocycles. The third-order valence-electron chi connectivity index (χ3n) is 3.84. The lowest BCUT2D eigenvalue weighted by molar-refractivity contribution is -0.139. The number of hydrogen-bond donors (Lipinski definition) is 0. The molecule has 0 atom stereocenters. The molecule has 0 aromatic heterocycles. The SMILES string of the molecule is C=C(C)C(=O)OCCCCCOC(=O)c1ccccc1-c1ccccc1. The van der Waals surface area contributed by atoms with Crippen LogP contribution in [0.3, 0.4) is 0 Å². The van der Waals surface area contributed by atoms with Crippen LogP contribution in [0.2, 0.25) is 0 Å². The zero-order valence-electron chi connectivity index (χ0n) is 15.1. The second-order valence-electron chi connectivity index (χ2n) is 6.02. The summed E-state index contributed by atoms with van der Waals surface area (Å²) in [6, 6.07) is 17.2. The third kappa shape index (κ3) is 5.88. The summed E-state index contributed by atoms with van der Waals surface area (Å²) in [7, 11) is 0. The molecule has 0 bridgehead atoms. The summed E-state index contributed by atoms with van der Waals surface area (Å²) in [5, 5.41) is 0. The van der Waals surface area contributed by atoms with Crippen molar-refractivity contribution in [2.45, 2.75) is 26.2 Å². The van der Waals surface area contributed by atoms with Crippen molar-refractivity contribution in [2.24, 2.45) is 0 Å². The molecule has 0 spiro atoms. The zero-order valence-corrected chi connectivity index (χ0v) is 15.1. The topological polar surface area (TPSA) is 52.6 Å². The maximum atomic E-state index is 12.4. The van der Waals surface area contributed by atoms with Crippen molar-refractivity contribution in [3.8, 4) is 11.1 Å². The monoisotopic (exact) mass is 352 g/mol. The van der Waals surface area contributed by atoms with E-state index in [1.807, 2.05) is 48.5 Å². The van der Waals surface area contributed by atoms with Gasteiger partial charge in [0.05, 0.1) is 18.8 Å². The van der Waals surface area contributed by atoms with Gasteiger partial charge in [0.15, 0.2) is 0 Å². The van der Waals surface area contributed by atoms with Crippen LogP contribution in [0.4, 0.5) is 0 Å². The fourth-order valence-corrected chi connectivity index (χ4v) is 2.44. The van der Waals surface area contributed by atoms with Gasteiger partial charge in [-0.1, -0.05) is 55.1 Å². The van der Waals surface area contributed by atoms with Gasteiger partial charge in [0.25, 0.3) is 0 Å². The van der Waals surface area contributed by atoms with Crippen LogP contribution in [0.25, 0.3) is 11.1 Å². The molecule has 0 amide bonds. The Labute approximate surface area is 154 Å². The smallest absolute Gasteiger partial charge is 0.338 e. The van der Waals surface area contributed by atoms with Crippen LogP contribution in [0.15, 0.2) is 66.7 Å². The van der Waals surface area contributed by atoms with Gasteiger partial charge in [-0.3, -0.25) is 0 Å². The molecular weight excluding hydrogens is 328 g/mol. The summed E-state index contributed by atoms with van der Waals surface area (Å²) < 4.78 is 10.4. The molecule has 0 aliphatic rings. The lowest BCUT2D eigenvalue weighted by atomic mass is 10.00. The molecule has 4 nitrogen and oxygen atoms in total. The molecule has 0 saturated carbocycles. The van der Waals surface area contributed by atoms with Crippen LogP contribution < -0.4 is 0 Å². The number of unbranched alkanes of at least 4 members (excludes halogenated alkanes) is 2. The molecule has 0 unspecified atom stereocenters. The summed E-state index contributed by atoms with van der Waals surface area (Å²) >= 11 is 0. The number of esters is 2. The second-order valence-corrected chi connectivity index (χ2v) is 6.02. The van der Waals surface area contributed by atoms with Gasteiger partial charge in [0, 0.05) is 5.57 Å². The number of carbonyl (C=O) groups is 2. The minimum absolute atomic E-state index is 0.321. The van der Waals surface area contributed by atoms with E-state index in [1.54, 1.807) is 13.0 Å². The number of benzene rings is 2. The number of carbonyl (C=O) groups excluding carboxylic acids is 2. The Morgan fingerprint density at radius 3 is 2.15 bits per heavy atom. The highest BCUT2D eigenvalue weighted by Gasteiger charge is 2.13. The molecule has 136 valence electrons. The third-order valence-corrected chi connectivity index (χ3v) is 3.84. The van der Waals surface area contributed by atoms with E-state index in [-0.39, 0.29) is 11.9 Å². The van der Waals surface area contributed by atoms with Crippen LogP contribution >= 0.6 is 0 Å². The Balaban J connectivity index is 1.77. The summed E-state index contributed by atoms with van der Waals surface area (Å²) in [5.74, 6) is -0.688. The normalized spacial score (nSPS) is 10.2. The quantitative estimate of drug-likeness (QED) is 0.369. The Bertz CT molecular complexity index is 750. The standard InChI is InChI=1S/C22H24O4/c1-17(2)21(23)25-15-9-4-10-16-26-22(24)20-14-8-7-13-19(20)18-11-5-3-6-12-18/h3,5-8,11-14H,1,4,9-10,15-16H2,2H3. The summed E-state index contributed by atoms with van der Waals surface area (Å²) in [6.07, 6.45) is 2.28. The lowest BCUT2D eigenvalue weighted by Crippen LogP contribution is -2.09. The predicted molar refractivity (Wildman–Crippen MR) is 102 cm³/mol. The fraction of sp³-hybridized carbons (Fsp3) is 0.273. The van der Waals surface area contributed by atoms with Crippen molar-refractivity contribution >= 4 is 11.9 Å². The highest BCUT2D eigenvalue weighted by atomic mass is 16.5. The average Bonchev–Trinajstić information content (AvgIpc) is 2.67. The maximum Gasteiger partial charge on any atom is 0.338 e. The molecule has 0 fully saturated rings. The van der Waals surface area contributed by atoms with E-state index >= 15 is 0 Å². The highest BCUT2D eigenvalue weighted by molar-refractivity contribution is 5.97. The van der Waals surface area contributed by atoms with E-state index in [9.17, 15) is 9.59 Å². The van der Waals surface area contributed by atoms with Crippen LogP contribution in [0.1, 0.15) is 36.5 Å². The van der Waals surface area contributed by atoms with E-state index in [4.69, 9.17) is 9.47 Å².